The molecule has 1 saturated heterocycles. The Labute approximate surface area is 159 Å². The van der Waals surface area contributed by atoms with E-state index in [0.717, 1.165) is 31.2 Å². The normalized spacial score (nSPS) is 25.7. The first kappa shape index (κ1) is 19.2. The van der Waals surface area contributed by atoms with Crippen LogP contribution in [-0.4, -0.2) is 40.1 Å². The second-order valence-electron chi connectivity index (χ2n) is 7.56. The topological polar surface area (TPSA) is 77.8 Å². The van der Waals surface area contributed by atoms with Crippen molar-refractivity contribution in [3.05, 3.63) is 34.9 Å². The van der Waals surface area contributed by atoms with E-state index in [4.69, 9.17) is 11.6 Å². The van der Waals surface area contributed by atoms with Crippen LogP contribution in [0.2, 0.25) is 5.02 Å². The third-order valence-electron chi connectivity index (χ3n) is 5.88. The molecule has 1 amide bonds. The average molecular weight is 380 g/mol. The van der Waals surface area contributed by atoms with E-state index in [1.165, 1.54) is 0 Å². The number of benzene rings is 1. The van der Waals surface area contributed by atoms with Gasteiger partial charge in [-0.15, -0.1) is 0 Å². The molecule has 1 aromatic rings. The van der Waals surface area contributed by atoms with Gasteiger partial charge in [0.1, 0.15) is 0 Å². The number of halogens is 1. The number of hydrogen-bond donors (Lipinski definition) is 2. The summed E-state index contributed by atoms with van der Waals surface area (Å²) in [5.74, 6) is -1.12. The molecule has 1 aliphatic heterocycles. The number of piperidine rings is 1. The van der Waals surface area contributed by atoms with Crippen LogP contribution in [0.5, 0.6) is 0 Å². The number of carbonyl (C=O) groups excluding carboxylic acids is 1. The van der Waals surface area contributed by atoms with Gasteiger partial charge in [0.25, 0.3) is 0 Å². The molecule has 0 radical (unpaired) electrons. The van der Waals surface area contributed by atoms with Crippen LogP contribution in [-0.2, 0) is 9.59 Å². The monoisotopic (exact) mass is 379 g/mol. The quantitative estimate of drug-likeness (QED) is 0.839. The summed E-state index contributed by atoms with van der Waals surface area (Å²) in [4.78, 5) is 25.8. The maximum absolute atomic E-state index is 12.8. The van der Waals surface area contributed by atoms with E-state index in [0.29, 0.717) is 31.0 Å². The Kier molecular flexibility index (Phi) is 6.20. The van der Waals surface area contributed by atoms with E-state index in [-0.39, 0.29) is 23.7 Å². The third-order valence-corrected chi connectivity index (χ3v) is 6.13. The summed E-state index contributed by atoms with van der Waals surface area (Å²) in [6, 6.07) is 7.25. The first-order chi connectivity index (χ1) is 12.5. The molecule has 1 heterocycles. The molecule has 3 unspecified atom stereocenters. The lowest BCUT2D eigenvalue weighted by Gasteiger charge is -2.37. The maximum atomic E-state index is 12.8. The number of amides is 1. The lowest BCUT2D eigenvalue weighted by Crippen LogP contribution is -2.44. The molecule has 1 aromatic carbocycles. The molecule has 5 nitrogen and oxygen atoms in total. The highest BCUT2D eigenvalue weighted by molar-refractivity contribution is 6.30. The number of aliphatic hydroxyl groups excluding tert-OH is 1. The molecular weight excluding hydrogens is 354 g/mol. The van der Waals surface area contributed by atoms with E-state index in [2.05, 4.69) is 0 Å². The minimum absolute atomic E-state index is 0.0929. The van der Waals surface area contributed by atoms with E-state index in [1.807, 2.05) is 17.0 Å². The summed E-state index contributed by atoms with van der Waals surface area (Å²) in [7, 11) is 0. The highest BCUT2D eigenvalue weighted by Crippen LogP contribution is 2.34. The SMILES string of the molecule is O=C(O)C1CCCC(C(=O)N2CCC(C(O)c3ccc(Cl)cc3)CC2)C1. The van der Waals surface area contributed by atoms with Crippen molar-refractivity contribution in [2.45, 2.75) is 44.6 Å². The Morgan fingerprint density at radius 1 is 1.04 bits per heavy atom. The summed E-state index contributed by atoms with van der Waals surface area (Å²) in [6.07, 6.45) is 3.69. The van der Waals surface area contributed by atoms with Gasteiger partial charge in [-0.1, -0.05) is 30.2 Å². The van der Waals surface area contributed by atoms with Gasteiger partial charge in [-0.25, -0.2) is 0 Å². The van der Waals surface area contributed by atoms with Crippen molar-refractivity contribution in [1.29, 1.82) is 0 Å². The van der Waals surface area contributed by atoms with Gasteiger partial charge in [0, 0.05) is 24.0 Å². The van der Waals surface area contributed by atoms with Gasteiger partial charge in [-0.3, -0.25) is 9.59 Å². The molecule has 3 rings (SSSR count). The van der Waals surface area contributed by atoms with E-state index in [9.17, 15) is 19.8 Å². The number of hydrogen-bond acceptors (Lipinski definition) is 3. The Hall–Kier alpha value is -1.59. The summed E-state index contributed by atoms with van der Waals surface area (Å²) < 4.78 is 0. The molecule has 2 N–H and O–H groups in total. The van der Waals surface area contributed by atoms with Crippen molar-refractivity contribution in [2.75, 3.05) is 13.1 Å². The van der Waals surface area contributed by atoms with Crippen LogP contribution in [0.1, 0.15) is 50.2 Å². The predicted molar refractivity (Wildman–Crippen MR) is 98.8 cm³/mol. The van der Waals surface area contributed by atoms with Gasteiger partial charge in [-0.05, 0) is 55.7 Å². The second kappa shape index (κ2) is 8.40. The minimum Gasteiger partial charge on any atom is -0.481 e. The summed E-state index contributed by atoms with van der Waals surface area (Å²) >= 11 is 5.90. The van der Waals surface area contributed by atoms with Crippen LogP contribution in [0, 0.1) is 17.8 Å². The summed E-state index contributed by atoms with van der Waals surface area (Å²) in [6.45, 7) is 1.25. The highest BCUT2D eigenvalue weighted by atomic mass is 35.5. The largest absolute Gasteiger partial charge is 0.481 e. The number of rotatable bonds is 4. The van der Waals surface area contributed by atoms with Crippen molar-refractivity contribution in [3.63, 3.8) is 0 Å². The Morgan fingerprint density at radius 2 is 1.65 bits per heavy atom. The second-order valence-corrected chi connectivity index (χ2v) is 7.99. The lowest BCUT2D eigenvalue weighted by molar-refractivity contribution is -0.146. The number of carboxylic acids is 1. The molecule has 1 aliphatic carbocycles. The first-order valence-corrected chi connectivity index (χ1v) is 9.78. The van der Waals surface area contributed by atoms with Gasteiger partial charge in [-0.2, -0.15) is 0 Å². The molecule has 3 atom stereocenters. The van der Waals surface area contributed by atoms with Crippen LogP contribution in [0.3, 0.4) is 0 Å². The van der Waals surface area contributed by atoms with Gasteiger partial charge in [0.05, 0.1) is 12.0 Å². The third kappa shape index (κ3) is 4.38. The van der Waals surface area contributed by atoms with Crippen molar-refractivity contribution >= 4 is 23.5 Å². The van der Waals surface area contributed by atoms with Crippen LogP contribution < -0.4 is 0 Å². The standard InChI is InChI=1S/C20H26ClNO4/c21-17-6-4-13(5-7-17)18(23)14-8-10-22(11-9-14)19(24)15-2-1-3-16(12-15)20(25)26/h4-7,14-16,18,23H,1-3,8-12H2,(H,25,26). The fourth-order valence-corrected chi connectivity index (χ4v) is 4.39. The molecule has 0 spiro atoms. The van der Waals surface area contributed by atoms with Crippen molar-refractivity contribution < 1.29 is 19.8 Å². The lowest BCUT2D eigenvalue weighted by atomic mass is 9.80. The smallest absolute Gasteiger partial charge is 0.306 e. The van der Waals surface area contributed by atoms with Crippen molar-refractivity contribution in [3.8, 4) is 0 Å². The highest BCUT2D eigenvalue weighted by Gasteiger charge is 2.35. The van der Waals surface area contributed by atoms with Gasteiger partial charge >= 0.3 is 5.97 Å². The number of likely N-dealkylation sites (tertiary alicyclic amines) is 1. The predicted octanol–water partition coefficient (Wildman–Crippen LogP) is 3.50. The molecule has 2 fully saturated rings. The fraction of sp³-hybridized carbons (Fsp3) is 0.600. The van der Waals surface area contributed by atoms with Crippen LogP contribution in [0.15, 0.2) is 24.3 Å². The average Bonchev–Trinajstić information content (AvgIpc) is 2.67. The fourth-order valence-electron chi connectivity index (χ4n) is 4.26. The maximum Gasteiger partial charge on any atom is 0.306 e. The molecule has 142 valence electrons. The zero-order chi connectivity index (χ0) is 18.7. The van der Waals surface area contributed by atoms with E-state index >= 15 is 0 Å². The number of nitrogens with zero attached hydrogens (tertiary/aromatic N) is 1. The van der Waals surface area contributed by atoms with Crippen molar-refractivity contribution in [1.82, 2.24) is 4.90 Å². The molecular formula is C20H26ClNO4. The van der Waals surface area contributed by atoms with Crippen LogP contribution in [0.4, 0.5) is 0 Å². The van der Waals surface area contributed by atoms with Crippen LogP contribution in [0.25, 0.3) is 0 Å². The van der Waals surface area contributed by atoms with E-state index in [1.54, 1.807) is 12.1 Å². The number of aliphatic hydroxyl groups is 1. The Balaban J connectivity index is 1.53. The van der Waals surface area contributed by atoms with Gasteiger partial charge in [0.2, 0.25) is 5.91 Å². The van der Waals surface area contributed by atoms with Crippen molar-refractivity contribution in [2.24, 2.45) is 17.8 Å². The Morgan fingerprint density at radius 3 is 2.27 bits per heavy atom. The molecule has 0 aromatic heterocycles. The molecule has 2 aliphatic rings. The zero-order valence-corrected chi connectivity index (χ0v) is 15.6. The number of carbonyl (C=O) groups is 2. The molecule has 26 heavy (non-hydrogen) atoms. The number of aliphatic carboxylic acids is 1. The van der Waals surface area contributed by atoms with E-state index < -0.39 is 12.1 Å². The number of carboxylic acid groups (broad SMARTS) is 1. The van der Waals surface area contributed by atoms with Gasteiger partial charge < -0.3 is 15.1 Å². The minimum atomic E-state index is -0.785. The Bertz CT molecular complexity index is 640. The summed E-state index contributed by atoms with van der Waals surface area (Å²) in [5.41, 5.74) is 0.857. The molecule has 1 saturated carbocycles. The molecule has 6 heteroatoms. The first-order valence-electron chi connectivity index (χ1n) is 9.41. The summed E-state index contributed by atoms with van der Waals surface area (Å²) in [5, 5.41) is 20.4. The van der Waals surface area contributed by atoms with Crippen LogP contribution >= 0.6 is 11.6 Å². The zero-order valence-electron chi connectivity index (χ0n) is 14.8. The van der Waals surface area contributed by atoms with Gasteiger partial charge in [0.15, 0.2) is 0 Å². The molecule has 0 bridgehead atoms.